The molecular weight excluding hydrogens is 426 g/mol. The van der Waals surface area contributed by atoms with Gasteiger partial charge in [0.2, 0.25) is 0 Å². The molecule has 0 saturated heterocycles. The standard InChI is InChI=1S/C27H21N5O2/c28-15-22-13-7-8-14-23(22)18-32-26(33)24-25(29-19-30(24)16-20-9-3-1-4-10-20)31(27(32)34)17-21-11-5-2-6-12-21/h1-14,19H,16-18H2. The molecule has 0 spiro atoms. The molecule has 0 unspecified atom stereocenters. The molecule has 0 saturated carbocycles. The van der Waals surface area contributed by atoms with Crippen LogP contribution in [0, 0.1) is 11.3 Å². The highest BCUT2D eigenvalue weighted by Crippen LogP contribution is 2.14. The first-order chi connectivity index (χ1) is 16.7. The lowest BCUT2D eigenvalue weighted by atomic mass is 10.1. The molecule has 0 N–H and O–H groups in total. The maximum atomic E-state index is 13.6. The lowest BCUT2D eigenvalue weighted by molar-refractivity contribution is 0.628. The summed E-state index contributed by atoms with van der Waals surface area (Å²) >= 11 is 0. The zero-order valence-corrected chi connectivity index (χ0v) is 18.3. The third-order valence-electron chi connectivity index (χ3n) is 5.83. The van der Waals surface area contributed by atoms with Crippen LogP contribution in [-0.4, -0.2) is 18.7 Å². The highest BCUT2D eigenvalue weighted by atomic mass is 16.2. The van der Waals surface area contributed by atoms with Gasteiger partial charge in [-0.3, -0.25) is 13.9 Å². The molecule has 7 heteroatoms. The van der Waals surface area contributed by atoms with Crippen molar-refractivity contribution in [3.8, 4) is 6.07 Å². The van der Waals surface area contributed by atoms with Gasteiger partial charge in [0.15, 0.2) is 11.2 Å². The molecule has 5 rings (SSSR count). The van der Waals surface area contributed by atoms with Crippen LogP contribution in [0.5, 0.6) is 0 Å². The lowest BCUT2D eigenvalue weighted by Gasteiger charge is -2.13. The Hall–Kier alpha value is -4.70. The van der Waals surface area contributed by atoms with Crippen molar-refractivity contribution < 1.29 is 0 Å². The fourth-order valence-corrected chi connectivity index (χ4v) is 4.12. The number of benzene rings is 3. The number of hydrogen-bond donors (Lipinski definition) is 0. The van der Waals surface area contributed by atoms with Crippen molar-refractivity contribution in [2.24, 2.45) is 0 Å². The van der Waals surface area contributed by atoms with E-state index in [1.54, 1.807) is 35.2 Å². The van der Waals surface area contributed by atoms with Gasteiger partial charge in [0.05, 0.1) is 31.0 Å². The van der Waals surface area contributed by atoms with Crippen LogP contribution in [0.25, 0.3) is 11.2 Å². The Labute approximate surface area is 195 Å². The van der Waals surface area contributed by atoms with Gasteiger partial charge in [-0.2, -0.15) is 5.26 Å². The second kappa shape index (κ2) is 9.04. The molecule has 3 aromatic carbocycles. The van der Waals surface area contributed by atoms with Crippen LogP contribution in [0.1, 0.15) is 22.3 Å². The number of rotatable bonds is 6. The molecule has 166 valence electrons. The predicted octanol–water partition coefficient (Wildman–Crippen LogP) is 3.38. The predicted molar refractivity (Wildman–Crippen MR) is 130 cm³/mol. The summed E-state index contributed by atoms with van der Waals surface area (Å²) in [7, 11) is 0. The van der Waals surface area contributed by atoms with Gasteiger partial charge in [0.1, 0.15) is 0 Å². The molecule has 0 amide bonds. The second-order valence-corrected chi connectivity index (χ2v) is 8.04. The van der Waals surface area contributed by atoms with E-state index >= 15 is 0 Å². The number of fused-ring (bicyclic) bond motifs is 1. The minimum Gasteiger partial charge on any atom is -0.320 e. The first-order valence-electron chi connectivity index (χ1n) is 10.9. The average molecular weight is 447 g/mol. The Morgan fingerprint density at radius 1 is 0.735 bits per heavy atom. The number of aromatic nitrogens is 4. The molecular formula is C27H21N5O2. The number of imidazole rings is 1. The van der Waals surface area contributed by atoms with Gasteiger partial charge < -0.3 is 4.57 Å². The molecule has 0 aliphatic heterocycles. The van der Waals surface area contributed by atoms with Crippen LogP contribution in [0.3, 0.4) is 0 Å². The van der Waals surface area contributed by atoms with Crippen molar-refractivity contribution in [2.45, 2.75) is 19.6 Å². The summed E-state index contributed by atoms with van der Waals surface area (Å²) < 4.78 is 4.51. The van der Waals surface area contributed by atoms with Crippen LogP contribution >= 0.6 is 0 Å². The zero-order valence-electron chi connectivity index (χ0n) is 18.3. The highest BCUT2D eigenvalue weighted by molar-refractivity contribution is 5.70. The summed E-state index contributed by atoms with van der Waals surface area (Å²) in [4.78, 5) is 31.7. The Kier molecular flexibility index (Phi) is 5.63. The lowest BCUT2D eigenvalue weighted by Crippen LogP contribution is -2.41. The van der Waals surface area contributed by atoms with Gasteiger partial charge in [0.25, 0.3) is 5.56 Å². The van der Waals surface area contributed by atoms with Gasteiger partial charge in [-0.05, 0) is 22.8 Å². The molecule has 5 aromatic rings. The summed E-state index contributed by atoms with van der Waals surface area (Å²) in [5.74, 6) is 0. The molecule has 2 aromatic heterocycles. The Morgan fingerprint density at radius 2 is 1.35 bits per heavy atom. The van der Waals surface area contributed by atoms with Crippen molar-refractivity contribution in [2.75, 3.05) is 0 Å². The van der Waals surface area contributed by atoms with E-state index in [9.17, 15) is 14.9 Å². The van der Waals surface area contributed by atoms with Crippen molar-refractivity contribution in [3.05, 3.63) is 134 Å². The van der Waals surface area contributed by atoms with Crippen molar-refractivity contribution >= 4 is 11.2 Å². The molecule has 34 heavy (non-hydrogen) atoms. The Morgan fingerprint density at radius 3 is 2.03 bits per heavy atom. The van der Waals surface area contributed by atoms with Gasteiger partial charge in [-0.1, -0.05) is 78.9 Å². The van der Waals surface area contributed by atoms with E-state index in [1.807, 2.05) is 60.7 Å². The molecule has 0 aliphatic rings. The third kappa shape index (κ3) is 3.93. The van der Waals surface area contributed by atoms with Crippen molar-refractivity contribution in [1.29, 1.82) is 5.26 Å². The van der Waals surface area contributed by atoms with Gasteiger partial charge in [0, 0.05) is 6.54 Å². The van der Waals surface area contributed by atoms with Crippen molar-refractivity contribution in [1.82, 2.24) is 18.7 Å². The van der Waals surface area contributed by atoms with Crippen LogP contribution < -0.4 is 11.2 Å². The monoisotopic (exact) mass is 447 g/mol. The molecule has 2 heterocycles. The summed E-state index contributed by atoms with van der Waals surface area (Å²) in [6.07, 6.45) is 1.60. The minimum atomic E-state index is -0.459. The summed E-state index contributed by atoms with van der Waals surface area (Å²) in [6.45, 7) is 0.728. The number of nitriles is 1. The fourth-order valence-electron chi connectivity index (χ4n) is 4.12. The van der Waals surface area contributed by atoms with Crippen molar-refractivity contribution in [3.63, 3.8) is 0 Å². The number of nitrogens with zero attached hydrogens (tertiary/aromatic N) is 5. The van der Waals surface area contributed by atoms with E-state index in [0.29, 0.717) is 28.8 Å². The first kappa shape index (κ1) is 21.2. The maximum absolute atomic E-state index is 13.6. The maximum Gasteiger partial charge on any atom is 0.333 e. The van der Waals surface area contributed by atoms with Crippen LogP contribution in [0.2, 0.25) is 0 Å². The molecule has 0 atom stereocenters. The second-order valence-electron chi connectivity index (χ2n) is 8.04. The van der Waals surface area contributed by atoms with E-state index in [2.05, 4.69) is 11.1 Å². The average Bonchev–Trinajstić information content (AvgIpc) is 3.29. The molecule has 0 radical (unpaired) electrons. The zero-order chi connectivity index (χ0) is 23.5. The number of hydrogen-bond acceptors (Lipinski definition) is 4. The van der Waals surface area contributed by atoms with E-state index in [0.717, 1.165) is 11.1 Å². The Balaban J connectivity index is 1.72. The summed E-state index contributed by atoms with van der Waals surface area (Å²) in [5.41, 5.74) is 2.80. The van der Waals surface area contributed by atoms with E-state index < -0.39 is 11.2 Å². The van der Waals surface area contributed by atoms with Gasteiger partial charge >= 0.3 is 5.69 Å². The third-order valence-corrected chi connectivity index (χ3v) is 5.83. The topological polar surface area (TPSA) is 85.6 Å². The minimum absolute atomic E-state index is 0.00263. The van der Waals surface area contributed by atoms with Crippen LogP contribution in [0.15, 0.2) is 101 Å². The first-order valence-corrected chi connectivity index (χ1v) is 10.9. The highest BCUT2D eigenvalue weighted by Gasteiger charge is 2.19. The molecule has 0 aliphatic carbocycles. The largest absolute Gasteiger partial charge is 0.333 e. The SMILES string of the molecule is N#Cc1ccccc1Cn1c(=O)c2c(ncn2Cc2ccccc2)n(Cc2ccccc2)c1=O. The summed E-state index contributed by atoms with van der Waals surface area (Å²) in [6, 6.07) is 28.5. The van der Waals surface area contributed by atoms with Gasteiger partial charge in [-0.25, -0.2) is 9.78 Å². The van der Waals surface area contributed by atoms with Crippen LogP contribution in [-0.2, 0) is 19.6 Å². The smallest absolute Gasteiger partial charge is 0.320 e. The molecule has 0 fully saturated rings. The quantitative estimate of drug-likeness (QED) is 0.399. The van der Waals surface area contributed by atoms with E-state index in [-0.39, 0.29) is 13.1 Å². The van der Waals surface area contributed by atoms with Gasteiger partial charge in [-0.15, -0.1) is 0 Å². The normalized spacial score (nSPS) is 10.9. The fraction of sp³-hybridized carbons (Fsp3) is 0.111. The molecule has 0 bridgehead atoms. The van der Waals surface area contributed by atoms with E-state index in [1.165, 1.54) is 9.13 Å². The van der Waals surface area contributed by atoms with Crippen LogP contribution in [0.4, 0.5) is 0 Å². The van der Waals surface area contributed by atoms with E-state index in [4.69, 9.17) is 0 Å². The Bertz CT molecular complexity index is 1620. The summed E-state index contributed by atoms with van der Waals surface area (Å²) in [5, 5.41) is 9.50. The molecule has 7 nitrogen and oxygen atoms in total.